The minimum atomic E-state index is -0.153. The Bertz CT molecular complexity index is 1210. The van der Waals surface area contributed by atoms with Crippen LogP contribution >= 0.6 is 0 Å². The molecular formula is C29H27N3O3. The third kappa shape index (κ3) is 7.27. The molecule has 2 amide bonds. The van der Waals surface area contributed by atoms with Crippen LogP contribution in [0.25, 0.3) is 0 Å². The van der Waals surface area contributed by atoms with Gasteiger partial charge in [0.15, 0.2) is 6.61 Å². The van der Waals surface area contributed by atoms with Crippen molar-refractivity contribution in [2.45, 2.75) is 19.5 Å². The zero-order chi connectivity index (χ0) is 24.3. The van der Waals surface area contributed by atoms with Crippen molar-refractivity contribution in [3.63, 3.8) is 0 Å². The number of rotatable bonds is 10. The third-order valence-electron chi connectivity index (χ3n) is 5.42. The number of nitrogens with zero attached hydrogens (tertiary/aromatic N) is 2. The van der Waals surface area contributed by atoms with E-state index in [9.17, 15) is 9.59 Å². The van der Waals surface area contributed by atoms with E-state index in [1.807, 2.05) is 97.1 Å². The number of benzene rings is 3. The van der Waals surface area contributed by atoms with E-state index in [1.54, 1.807) is 17.3 Å². The van der Waals surface area contributed by atoms with E-state index >= 15 is 0 Å². The lowest BCUT2D eigenvalue weighted by atomic mass is 10.1. The summed E-state index contributed by atoms with van der Waals surface area (Å²) in [4.78, 5) is 31.3. The van der Waals surface area contributed by atoms with Crippen molar-refractivity contribution in [3.8, 4) is 5.75 Å². The van der Waals surface area contributed by atoms with Gasteiger partial charge in [0.05, 0.1) is 13.0 Å². The molecule has 0 aliphatic rings. The van der Waals surface area contributed by atoms with Crippen LogP contribution in [-0.4, -0.2) is 23.4 Å². The number of nitrogens with one attached hydrogen (secondary N) is 1. The molecule has 0 aliphatic heterocycles. The van der Waals surface area contributed by atoms with Gasteiger partial charge in [0.2, 0.25) is 5.91 Å². The molecule has 0 spiro atoms. The lowest BCUT2D eigenvalue weighted by Gasteiger charge is -2.23. The fourth-order valence-electron chi connectivity index (χ4n) is 3.57. The number of ether oxygens (including phenoxy) is 1. The summed E-state index contributed by atoms with van der Waals surface area (Å²) in [6.07, 6.45) is 3.69. The van der Waals surface area contributed by atoms with Crippen LogP contribution in [0.4, 0.5) is 5.69 Å². The first kappa shape index (κ1) is 23.7. The Balaban J connectivity index is 1.41. The largest absolute Gasteiger partial charge is 0.484 e. The van der Waals surface area contributed by atoms with Gasteiger partial charge < -0.3 is 15.0 Å². The van der Waals surface area contributed by atoms with Crippen LogP contribution in [0.15, 0.2) is 109 Å². The van der Waals surface area contributed by atoms with E-state index in [0.717, 1.165) is 22.4 Å². The van der Waals surface area contributed by atoms with Crippen LogP contribution in [0.3, 0.4) is 0 Å². The molecule has 1 heterocycles. The highest BCUT2D eigenvalue weighted by molar-refractivity contribution is 5.94. The number of carbonyl (C=O) groups excluding carboxylic acids is 2. The van der Waals surface area contributed by atoms with Crippen LogP contribution in [-0.2, 0) is 29.1 Å². The van der Waals surface area contributed by atoms with E-state index in [-0.39, 0.29) is 24.8 Å². The summed E-state index contributed by atoms with van der Waals surface area (Å²) < 4.78 is 5.70. The van der Waals surface area contributed by atoms with Gasteiger partial charge in [-0.1, -0.05) is 66.7 Å². The molecule has 0 saturated heterocycles. The van der Waals surface area contributed by atoms with Gasteiger partial charge in [0, 0.05) is 24.6 Å². The lowest BCUT2D eigenvalue weighted by Crippen LogP contribution is -2.34. The molecule has 4 rings (SSSR count). The Labute approximate surface area is 205 Å². The highest BCUT2D eigenvalue weighted by atomic mass is 16.5. The molecule has 176 valence electrons. The summed E-state index contributed by atoms with van der Waals surface area (Å²) in [6.45, 7) is 0.781. The van der Waals surface area contributed by atoms with E-state index in [0.29, 0.717) is 18.8 Å². The summed E-state index contributed by atoms with van der Waals surface area (Å²) in [6, 6.07) is 30.3. The van der Waals surface area contributed by atoms with Gasteiger partial charge in [-0.15, -0.1) is 0 Å². The minimum Gasteiger partial charge on any atom is -0.484 e. The molecule has 0 unspecified atom stereocenters. The fourth-order valence-corrected chi connectivity index (χ4v) is 3.57. The number of aromatic nitrogens is 1. The van der Waals surface area contributed by atoms with Crippen molar-refractivity contribution in [2.24, 2.45) is 0 Å². The molecule has 1 aromatic heterocycles. The molecular weight excluding hydrogens is 438 g/mol. The van der Waals surface area contributed by atoms with Gasteiger partial charge in [-0.25, -0.2) is 0 Å². The van der Waals surface area contributed by atoms with E-state index < -0.39 is 0 Å². The average Bonchev–Trinajstić information content (AvgIpc) is 2.91. The molecule has 35 heavy (non-hydrogen) atoms. The summed E-state index contributed by atoms with van der Waals surface area (Å²) in [5.41, 5.74) is 3.57. The third-order valence-corrected chi connectivity index (χ3v) is 5.42. The van der Waals surface area contributed by atoms with Gasteiger partial charge in [-0.2, -0.15) is 0 Å². The van der Waals surface area contributed by atoms with E-state index in [2.05, 4.69) is 10.3 Å². The maximum Gasteiger partial charge on any atom is 0.265 e. The molecule has 3 aromatic carbocycles. The minimum absolute atomic E-state index is 0.0740. The molecule has 6 nitrogen and oxygen atoms in total. The van der Waals surface area contributed by atoms with Crippen LogP contribution < -0.4 is 15.0 Å². The number of hydrogen-bond acceptors (Lipinski definition) is 4. The van der Waals surface area contributed by atoms with Gasteiger partial charge in [0.1, 0.15) is 5.75 Å². The van der Waals surface area contributed by atoms with Gasteiger partial charge >= 0.3 is 0 Å². The second-order valence-corrected chi connectivity index (χ2v) is 8.05. The molecule has 0 aliphatic carbocycles. The smallest absolute Gasteiger partial charge is 0.265 e. The normalized spacial score (nSPS) is 10.4. The number of para-hydroxylation sites is 1. The van der Waals surface area contributed by atoms with Crippen molar-refractivity contribution in [2.75, 3.05) is 11.5 Å². The standard InChI is InChI=1S/C29H27N3O3/c33-28(31-20-25-10-7-17-30-19-25)18-23-13-15-26(16-14-23)32(21-24-8-3-1-4-9-24)29(34)22-35-27-11-5-2-6-12-27/h1-17,19H,18,20-22H2,(H,31,33). The lowest BCUT2D eigenvalue weighted by molar-refractivity contribution is -0.121. The Morgan fingerprint density at radius 2 is 1.46 bits per heavy atom. The quantitative estimate of drug-likeness (QED) is 0.373. The Morgan fingerprint density at radius 3 is 2.14 bits per heavy atom. The van der Waals surface area contributed by atoms with Gasteiger partial charge in [-0.05, 0) is 47.0 Å². The molecule has 0 atom stereocenters. The summed E-state index contributed by atoms with van der Waals surface area (Å²) in [7, 11) is 0. The number of carbonyl (C=O) groups is 2. The van der Waals surface area contributed by atoms with Crippen molar-refractivity contribution in [3.05, 3.63) is 126 Å². The maximum atomic E-state index is 13.1. The molecule has 1 N–H and O–H groups in total. The Hall–Kier alpha value is -4.45. The van der Waals surface area contributed by atoms with E-state index in [4.69, 9.17) is 4.74 Å². The second kappa shape index (κ2) is 12.1. The molecule has 4 aromatic rings. The monoisotopic (exact) mass is 465 g/mol. The number of hydrogen-bond donors (Lipinski definition) is 1. The predicted octanol–water partition coefficient (Wildman–Crippen LogP) is 4.55. The van der Waals surface area contributed by atoms with Crippen LogP contribution in [0, 0.1) is 0 Å². The fraction of sp³-hybridized carbons (Fsp3) is 0.138. The Morgan fingerprint density at radius 1 is 0.771 bits per heavy atom. The van der Waals surface area contributed by atoms with Crippen molar-refractivity contribution in [1.29, 1.82) is 0 Å². The van der Waals surface area contributed by atoms with Crippen LogP contribution in [0.2, 0.25) is 0 Å². The van der Waals surface area contributed by atoms with Crippen LogP contribution in [0.5, 0.6) is 5.75 Å². The van der Waals surface area contributed by atoms with E-state index in [1.165, 1.54) is 0 Å². The predicted molar refractivity (Wildman–Crippen MR) is 136 cm³/mol. The van der Waals surface area contributed by atoms with Crippen molar-refractivity contribution < 1.29 is 14.3 Å². The zero-order valence-corrected chi connectivity index (χ0v) is 19.3. The summed E-state index contributed by atoms with van der Waals surface area (Å²) in [5.74, 6) is 0.419. The Kier molecular flexibility index (Phi) is 8.22. The zero-order valence-electron chi connectivity index (χ0n) is 19.3. The summed E-state index contributed by atoms with van der Waals surface area (Å²) >= 11 is 0. The summed E-state index contributed by atoms with van der Waals surface area (Å²) in [5, 5.41) is 2.91. The first-order chi connectivity index (χ1) is 17.2. The number of amides is 2. The van der Waals surface area contributed by atoms with Crippen molar-refractivity contribution >= 4 is 17.5 Å². The molecule has 6 heteroatoms. The molecule has 0 saturated carbocycles. The first-order valence-corrected chi connectivity index (χ1v) is 11.4. The van der Waals surface area contributed by atoms with Crippen molar-refractivity contribution in [1.82, 2.24) is 10.3 Å². The van der Waals surface area contributed by atoms with Gasteiger partial charge in [-0.3, -0.25) is 14.6 Å². The number of anilines is 1. The SMILES string of the molecule is O=C(Cc1ccc(N(Cc2ccccc2)C(=O)COc2ccccc2)cc1)NCc1cccnc1. The molecule has 0 radical (unpaired) electrons. The molecule has 0 fully saturated rings. The molecule has 0 bridgehead atoms. The number of pyridine rings is 1. The topological polar surface area (TPSA) is 71.5 Å². The highest BCUT2D eigenvalue weighted by Crippen LogP contribution is 2.20. The first-order valence-electron chi connectivity index (χ1n) is 11.4. The van der Waals surface area contributed by atoms with Gasteiger partial charge in [0.25, 0.3) is 5.91 Å². The highest BCUT2D eigenvalue weighted by Gasteiger charge is 2.17. The second-order valence-electron chi connectivity index (χ2n) is 8.05. The van der Waals surface area contributed by atoms with Crippen LogP contribution in [0.1, 0.15) is 16.7 Å². The maximum absolute atomic E-state index is 13.1. The average molecular weight is 466 g/mol.